The van der Waals surface area contributed by atoms with E-state index in [4.69, 9.17) is 8.92 Å². The lowest BCUT2D eigenvalue weighted by Crippen LogP contribution is -2.18. The number of hydrogen-bond donors (Lipinski definition) is 0. The molecule has 0 radical (unpaired) electrons. The Bertz CT molecular complexity index is 343. The third kappa shape index (κ3) is 3.89. The van der Waals surface area contributed by atoms with Crippen LogP contribution < -0.4 is 0 Å². The first-order valence-electron chi connectivity index (χ1n) is 4.10. The highest BCUT2D eigenvalue weighted by Gasteiger charge is 2.24. The fourth-order valence-electron chi connectivity index (χ4n) is 1.23. The molecule has 5 nitrogen and oxygen atoms in total. The highest BCUT2D eigenvalue weighted by molar-refractivity contribution is 7.86. The summed E-state index contributed by atoms with van der Waals surface area (Å²) in [6.07, 6.45) is 3.65. The minimum Gasteiger partial charge on any atom is -0.458 e. The molecule has 0 heterocycles. The second kappa shape index (κ2) is 4.10. The van der Waals surface area contributed by atoms with E-state index in [9.17, 15) is 13.2 Å². The number of rotatable bonds is 3. The van der Waals surface area contributed by atoms with Gasteiger partial charge in [-0.3, -0.25) is 8.98 Å². The van der Waals surface area contributed by atoms with Gasteiger partial charge in [0.15, 0.2) is 0 Å². The second-order valence-corrected chi connectivity index (χ2v) is 4.71. The van der Waals surface area contributed by atoms with Crippen molar-refractivity contribution in [3.05, 3.63) is 12.2 Å². The Morgan fingerprint density at radius 2 is 1.93 bits per heavy atom. The first-order valence-corrected chi connectivity index (χ1v) is 5.92. The fraction of sp³-hybridized carbons (Fsp3) is 0.625. The van der Waals surface area contributed by atoms with E-state index in [0.717, 1.165) is 6.26 Å². The van der Waals surface area contributed by atoms with Crippen LogP contribution in [0.4, 0.5) is 0 Å². The van der Waals surface area contributed by atoms with Crippen molar-refractivity contribution in [1.82, 2.24) is 0 Å². The van der Waals surface area contributed by atoms with Crippen LogP contribution in [0.15, 0.2) is 12.2 Å². The van der Waals surface area contributed by atoms with E-state index in [0.29, 0.717) is 6.42 Å². The zero-order valence-corrected chi connectivity index (χ0v) is 8.78. The number of esters is 1. The zero-order valence-electron chi connectivity index (χ0n) is 7.97. The molecule has 0 N–H and O–H groups in total. The van der Waals surface area contributed by atoms with Gasteiger partial charge < -0.3 is 4.74 Å². The smallest absolute Gasteiger partial charge is 0.303 e. The number of ether oxygens (including phenoxy) is 1. The summed E-state index contributed by atoms with van der Waals surface area (Å²) in [5, 5.41) is 0. The topological polar surface area (TPSA) is 69.7 Å². The molecule has 0 saturated carbocycles. The highest BCUT2D eigenvalue weighted by Crippen LogP contribution is 2.18. The summed E-state index contributed by atoms with van der Waals surface area (Å²) in [5.74, 6) is -0.389. The van der Waals surface area contributed by atoms with Gasteiger partial charge in [0, 0.05) is 13.3 Å². The van der Waals surface area contributed by atoms with Crippen molar-refractivity contribution in [2.45, 2.75) is 25.6 Å². The molecule has 0 saturated heterocycles. The third-order valence-electron chi connectivity index (χ3n) is 1.62. The van der Waals surface area contributed by atoms with Crippen LogP contribution in [0.5, 0.6) is 0 Å². The average Bonchev–Trinajstić information content (AvgIpc) is 2.30. The molecular formula is C8H12O5S. The minimum absolute atomic E-state index is 0.354. The molecule has 80 valence electrons. The minimum atomic E-state index is -3.45. The maximum Gasteiger partial charge on any atom is 0.303 e. The summed E-state index contributed by atoms with van der Waals surface area (Å²) in [6.45, 7) is 1.30. The highest BCUT2D eigenvalue weighted by atomic mass is 32.2. The van der Waals surface area contributed by atoms with Crippen LogP contribution in [-0.2, 0) is 23.8 Å². The van der Waals surface area contributed by atoms with Crippen molar-refractivity contribution in [2.24, 2.45) is 0 Å². The number of hydrogen-bond acceptors (Lipinski definition) is 5. The van der Waals surface area contributed by atoms with Gasteiger partial charge in [0.2, 0.25) is 0 Å². The summed E-state index contributed by atoms with van der Waals surface area (Å²) in [6, 6.07) is 0. The molecule has 0 amide bonds. The molecule has 0 aromatic rings. The molecule has 14 heavy (non-hydrogen) atoms. The molecule has 2 atom stereocenters. The van der Waals surface area contributed by atoms with Gasteiger partial charge >= 0.3 is 5.97 Å². The van der Waals surface area contributed by atoms with Gasteiger partial charge in [0.05, 0.1) is 12.4 Å². The monoisotopic (exact) mass is 220 g/mol. The Hall–Kier alpha value is -0.880. The summed E-state index contributed by atoms with van der Waals surface area (Å²) in [7, 11) is -3.45. The lowest BCUT2D eigenvalue weighted by molar-refractivity contribution is -0.144. The van der Waals surface area contributed by atoms with Crippen molar-refractivity contribution in [3.8, 4) is 0 Å². The van der Waals surface area contributed by atoms with Gasteiger partial charge in [-0.15, -0.1) is 0 Å². The van der Waals surface area contributed by atoms with Gasteiger partial charge in [-0.25, -0.2) is 0 Å². The third-order valence-corrected chi connectivity index (χ3v) is 2.22. The maximum absolute atomic E-state index is 10.8. The van der Waals surface area contributed by atoms with Crippen molar-refractivity contribution in [2.75, 3.05) is 6.26 Å². The van der Waals surface area contributed by atoms with E-state index in [2.05, 4.69) is 0 Å². The predicted molar refractivity (Wildman–Crippen MR) is 49.0 cm³/mol. The molecule has 0 aliphatic heterocycles. The lowest BCUT2D eigenvalue weighted by Gasteiger charge is -2.11. The fourth-order valence-corrected chi connectivity index (χ4v) is 1.82. The Morgan fingerprint density at radius 1 is 1.36 bits per heavy atom. The summed E-state index contributed by atoms with van der Waals surface area (Å²) in [4.78, 5) is 10.6. The van der Waals surface area contributed by atoms with Crippen LogP contribution in [0.2, 0.25) is 0 Å². The summed E-state index contributed by atoms with van der Waals surface area (Å²) >= 11 is 0. The molecule has 2 unspecified atom stereocenters. The quantitative estimate of drug-likeness (QED) is 0.386. The molecule has 0 bridgehead atoms. The standard InChI is InChI=1S/C8H12O5S/c1-6(9)12-7-3-4-8(5-7)13-14(2,10)11/h3-4,7-8H,5H2,1-2H3. The Kier molecular flexibility index (Phi) is 3.28. The largest absolute Gasteiger partial charge is 0.458 e. The molecule has 0 aromatic heterocycles. The van der Waals surface area contributed by atoms with Gasteiger partial charge in [-0.1, -0.05) is 6.08 Å². The molecule has 0 spiro atoms. The van der Waals surface area contributed by atoms with Crippen LogP contribution in [0.3, 0.4) is 0 Å². The van der Waals surface area contributed by atoms with E-state index >= 15 is 0 Å². The van der Waals surface area contributed by atoms with Crippen molar-refractivity contribution in [1.29, 1.82) is 0 Å². The van der Waals surface area contributed by atoms with Crippen molar-refractivity contribution >= 4 is 16.1 Å². The van der Waals surface area contributed by atoms with Crippen LogP contribution in [0, 0.1) is 0 Å². The van der Waals surface area contributed by atoms with E-state index < -0.39 is 16.2 Å². The predicted octanol–water partition coefficient (Wildman–Crippen LogP) is 0.223. The molecule has 0 aromatic carbocycles. The second-order valence-electron chi connectivity index (χ2n) is 3.11. The summed E-state index contributed by atoms with van der Waals surface area (Å²) < 4.78 is 31.1. The molecular weight excluding hydrogens is 208 g/mol. The van der Waals surface area contributed by atoms with Gasteiger partial charge in [0.25, 0.3) is 10.1 Å². The van der Waals surface area contributed by atoms with E-state index in [1.807, 2.05) is 0 Å². The zero-order chi connectivity index (χ0) is 10.8. The molecule has 1 rings (SSSR count). The van der Waals surface area contributed by atoms with Crippen LogP contribution in [0.25, 0.3) is 0 Å². The molecule has 1 aliphatic carbocycles. The first kappa shape index (κ1) is 11.2. The van der Waals surface area contributed by atoms with Gasteiger partial charge in [0.1, 0.15) is 6.10 Å². The number of carbonyl (C=O) groups excluding carboxylic acids is 1. The van der Waals surface area contributed by atoms with Crippen LogP contribution in [0.1, 0.15) is 13.3 Å². The van der Waals surface area contributed by atoms with Gasteiger partial charge in [-0.2, -0.15) is 8.42 Å². The van der Waals surface area contributed by atoms with E-state index in [-0.39, 0.29) is 12.1 Å². The Morgan fingerprint density at radius 3 is 2.43 bits per heavy atom. The Balaban J connectivity index is 2.44. The first-order chi connectivity index (χ1) is 6.37. The van der Waals surface area contributed by atoms with Crippen LogP contribution >= 0.6 is 0 Å². The Labute approximate surface area is 82.8 Å². The van der Waals surface area contributed by atoms with Crippen molar-refractivity contribution < 1.29 is 22.1 Å². The van der Waals surface area contributed by atoms with E-state index in [1.165, 1.54) is 6.92 Å². The SMILES string of the molecule is CC(=O)OC1C=CC(OS(C)(=O)=O)C1. The van der Waals surface area contributed by atoms with Crippen LogP contribution in [-0.4, -0.2) is 32.9 Å². The van der Waals surface area contributed by atoms with Gasteiger partial charge in [-0.05, 0) is 6.08 Å². The molecule has 0 fully saturated rings. The summed E-state index contributed by atoms with van der Waals surface area (Å²) in [5.41, 5.74) is 0. The number of carbonyl (C=O) groups is 1. The average molecular weight is 220 g/mol. The lowest BCUT2D eigenvalue weighted by atomic mass is 10.3. The molecule has 6 heteroatoms. The normalized spacial score (nSPS) is 26.4. The molecule has 1 aliphatic rings. The maximum atomic E-state index is 10.8. The van der Waals surface area contributed by atoms with E-state index in [1.54, 1.807) is 12.2 Å². The van der Waals surface area contributed by atoms with Crippen molar-refractivity contribution in [3.63, 3.8) is 0 Å².